The van der Waals surface area contributed by atoms with Crippen molar-refractivity contribution < 1.29 is 18.0 Å². The summed E-state index contributed by atoms with van der Waals surface area (Å²) in [6.07, 6.45) is 1.83. The van der Waals surface area contributed by atoms with Crippen LogP contribution in [-0.2, 0) is 26.2 Å². The highest BCUT2D eigenvalue weighted by Gasteiger charge is 2.30. The summed E-state index contributed by atoms with van der Waals surface area (Å²) in [4.78, 5) is 27.7. The van der Waals surface area contributed by atoms with Crippen LogP contribution in [0.4, 0.5) is 5.69 Å². The minimum Gasteiger partial charge on any atom is -0.352 e. The lowest BCUT2D eigenvalue weighted by Crippen LogP contribution is -2.52. The third kappa shape index (κ3) is 7.09. The van der Waals surface area contributed by atoms with Crippen LogP contribution in [-0.4, -0.2) is 50.0 Å². The van der Waals surface area contributed by atoms with Crippen LogP contribution in [0.5, 0.6) is 0 Å². The Labute approximate surface area is 191 Å². The number of carbonyl (C=O) groups excluding carboxylic acids is 2. The number of hydrogen-bond donors (Lipinski definition) is 1. The molecular formula is C24H33N3O4S. The van der Waals surface area contributed by atoms with E-state index in [1.165, 1.54) is 4.90 Å². The van der Waals surface area contributed by atoms with Crippen LogP contribution < -0.4 is 9.62 Å². The van der Waals surface area contributed by atoms with Gasteiger partial charge in [-0.1, -0.05) is 55.0 Å². The molecule has 2 atom stereocenters. The predicted octanol–water partition coefficient (Wildman–Crippen LogP) is 3.09. The molecule has 174 valence electrons. The number of sulfonamides is 1. The molecule has 8 heteroatoms. The number of rotatable bonds is 10. The number of nitrogens with zero attached hydrogens (tertiary/aromatic N) is 2. The van der Waals surface area contributed by atoms with Crippen molar-refractivity contribution >= 4 is 27.5 Å². The molecule has 2 amide bonds. The van der Waals surface area contributed by atoms with Gasteiger partial charge in [-0.15, -0.1) is 0 Å². The number of anilines is 1. The van der Waals surface area contributed by atoms with E-state index in [-0.39, 0.29) is 18.5 Å². The van der Waals surface area contributed by atoms with Crippen molar-refractivity contribution in [3.63, 3.8) is 0 Å². The number of carbonyl (C=O) groups is 2. The van der Waals surface area contributed by atoms with E-state index in [0.717, 1.165) is 28.1 Å². The monoisotopic (exact) mass is 459 g/mol. The van der Waals surface area contributed by atoms with Crippen molar-refractivity contribution in [1.29, 1.82) is 0 Å². The Bertz CT molecular complexity index is 1020. The van der Waals surface area contributed by atoms with E-state index < -0.39 is 28.5 Å². The standard InChI is InChI=1S/C24H33N3O4S/c1-6-19(3)25-24(29)20(4)26(16-21-12-10-11-18(2)15-21)23(28)17-27(32(5,30)31)22-13-8-7-9-14-22/h7-15,19-20H,6,16-17H2,1-5H3,(H,25,29)/t19-,20+/m1/s1. The fourth-order valence-corrected chi connectivity index (χ4v) is 4.11. The fourth-order valence-electron chi connectivity index (χ4n) is 3.26. The molecule has 1 N–H and O–H groups in total. The molecule has 0 unspecified atom stereocenters. The maximum atomic E-state index is 13.4. The Balaban J connectivity index is 2.36. The lowest BCUT2D eigenvalue weighted by Gasteiger charge is -2.32. The average molecular weight is 460 g/mol. The van der Waals surface area contributed by atoms with E-state index in [1.54, 1.807) is 37.3 Å². The summed E-state index contributed by atoms with van der Waals surface area (Å²) >= 11 is 0. The number of aryl methyl sites for hydroxylation is 1. The molecule has 0 bridgehead atoms. The maximum absolute atomic E-state index is 13.4. The molecule has 2 aromatic rings. The minimum absolute atomic E-state index is 0.0299. The lowest BCUT2D eigenvalue weighted by molar-refractivity contribution is -0.139. The highest BCUT2D eigenvalue weighted by Crippen LogP contribution is 2.19. The summed E-state index contributed by atoms with van der Waals surface area (Å²) in [7, 11) is -3.71. The Morgan fingerprint density at radius 2 is 1.69 bits per heavy atom. The SMILES string of the molecule is CC[C@@H](C)NC(=O)[C@H](C)N(Cc1cccc(C)c1)C(=O)CN(c1ccccc1)S(C)(=O)=O. The predicted molar refractivity (Wildman–Crippen MR) is 128 cm³/mol. The normalized spacial score (nSPS) is 13.2. The van der Waals surface area contributed by atoms with Gasteiger partial charge < -0.3 is 10.2 Å². The Morgan fingerprint density at radius 1 is 1.03 bits per heavy atom. The van der Waals surface area contributed by atoms with E-state index in [2.05, 4.69) is 5.32 Å². The van der Waals surface area contributed by atoms with Crippen molar-refractivity contribution in [1.82, 2.24) is 10.2 Å². The van der Waals surface area contributed by atoms with Crippen LogP contribution in [0, 0.1) is 6.92 Å². The number of amides is 2. The fraction of sp³-hybridized carbons (Fsp3) is 0.417. The first-order valence-electron chi connectivity index (χ1n) is 10.7. The molecule has 0 radical (unpaired) electrons. The molecule has 0 heterocycles. The molecule has 0 aromatic heterocycles. The van der Waals surface area contributed by atoms with Crippen LogP contribution in [0.2, 0.25) is 0 Å². The average Bonchev–Trinajstić information content (AvgIpc) is 2.74. The molecule has 0 aliphatic heterocycles. The van der Waals surface area contributed by atoms with Gasteiger partial charge in [0.05, 0.1) is 11.9 Å². The summed E-state index contributed by atoms with van der Waals surface area (Å²) < 4.78 is 26.0. The van der Waals surface area contributed by atoms with Crippen molar-refractivity contribution in [3.05, 3.63) is 65.7 Å². The zero-order valence-electron chi connectivity index (χ0n) is 19.4. The first kappa shape index (κ1) is 25.4. The molecular weight excluding hydrogens is 426 g/mol. The second kappa shape index (κ2) is 11.1. The van der Waals surface area contributed by atoms with Crippen LogP contribution in [0.1, 0.15) is 38.3 Å². The van der Waals surface area contributed by atoms with Gasteiger partial charge in [-0.25, -0.2) is 8.42 Å². The second-order valence-corrected chi connectivity index (χ2v) is 10.0. The minimum atomic E-state index is -3.71. The van der Waals surface area contributed by atoms with Crippen LogP contribution >= 0.6 is 0 Å². The van der Waals surface area contributed by atoms with E-state index in [0.29, 0.717) is 5.69 Å². The van der Waals surface area contributed by atoms with Crippen molar-refractivity contribution in [3.8, 4) is 0 Å². The Hall–Kier alpha value is -2.87. The van der Waals surface area contributed by atoms with Gasteiger partial charge in [-0.3, -0.25) is 13.9 Å². The summed E-state index contributed by atoms with van der Waals surface area (Å²) in [5.74, 6) is -0.724. The summed E-state index contributed by atoms with van der Waals surface area (Å²) in [6.45, 7) is 7.29. The number of nitrogens with one attached hydrogen (secondary N) is 1. The molecule has 2 aromatic carbocycles. The number of hydrogen-bond acceptors (Lipinski definition) is 4. The Kier molecular flexibility index (Phi) is 8.83. The first-order chi connectivity index (χ1) is 15.0. The zero-order chi connectivity index (χ0) is 23.9. The molecule has 0 saturated heterocycles. The molecule has 0 aliphatic carbocycles. The molecule has 32 heavy (non-hydrogen) atoms. The first-order valence-corrected chi connectivity index (χ1v) is 12.6. The van der Waals surface area contributed by atoms with Gasteiger partial charge in [-0.05, 0) is 44.9 Å². The van der Waals surface area contributed by atoms with Gasteiger partial charge in [0.25, 0.3) is 0 Å². The molecule has 2 rings (SSSR count). The molecule has 0 saturated carbocycles. The smallest absolute Gasteiger partial charge is 0.244 e. The van der Waals surface area contributed by atoms with Gasteiger partial charge >= 0.3 is 0 Å². The molecule has 0 aliphatic rings. The highest BCUT2D eigenvalue weighted by molar-refractivity contribution is 7.92. The van der Waals surface area contributed by atoms with Gasteiger partial charge in [0.2, 0.25) is 21.8 Å². The number of benzene rings is 2. The Morgan fingerprint density at radius 3 is 2.25 bits per heavy atom. The van der Waals surface area contributed by atoms with Crippen molar-refractivity contribution in [2.45, 2.75) is 52.7 Å². The summed E-state index contributed by atoms with van der Waals surface area (Å²) in [6, 6.07) is 15.4. The van der Waals surface area contributed by atoms with Gasteiger partial charge in [0.15, 0.2) is 0 Å². The second-order valence-electron chi connectivity index (χ2n) is 8.11. The van der Waals surface area contributed by atoms with Crippen LogP contribution in [0.3, 0.4) is 0 Å². The van der Waals surface area contributed by atoms with E-state index in [4.69, 9.17) is 0 Å². The van der Waals surface area contributed by atoms with Gasteiger partial charge in [-0.2, -0.15) is 0 Å². The van der Waals surface area contributed by atoms with E-state index >= 15 is 0 Å². The van der Waals surface area contributed by atoms with E-state index in [9.17, 15) is 18.0 Å². The van der Waals surface area contributed by atoms with Crippen LogP contribution in [0.25, 0.3) is 0 Å². The number of para-hydroxylation sites is 1. The van der Waals surface area contributed by atoms with Gasteiger partial charge in [0.1, 0.15) is 12.6 Å². The summed E-state index contributed by atoms with van der Waals surface area (Å²) in [5.41, 5.74) is 2.30. The zero-order valence-corrected chi connectivity index (χ0v) is 20.2. The largest absolute Gasteiger partial charge is 0.352 e. The quantitative estimate of drug-likeness (QED) is 0.592. The molecule has 0 spiro atoms. The topological polar surface area (TPSA) is 86.8 Å². The third-order valence-corrected chi connectivity index (χ3v) is 6.47. The maximum Gasteiger partial charge on any atom is 0.244 e. The summed E-state index contributed by atoms with van der Waals surface area (Å²) in [5, 5.41) is 2.91. The highest BCUT2D eigenvalue weighted by atomic mass is 32.2. The third-order valence-electron chi connectivity index (χ3n) is 5.33. The van der Waals surface area contributed by atoms with E-state index in [1.807, 2.05) is 45.0 Å². The van der Waals surface area contributed by atoms with Crippen molar-refractivity contribution in [2.24, 2.45) is 0 Å². The van der Waals surface area contributed by atoms with Crippen molar-refractivity contribution in [2.75, 3.05) is 17.1 Å². The molecule has 7 nitrogen and oxygen atoms in total. The lowest BCUT2D eigenvalue weighted by atomic mass is 10.1. The van der Waals surface area contributed by atoms with Gasteiger partial charge in [0, 0.05) is 12.6 Å². The van der Waals surface area contributed by atoms with Crippen LogP contribution in [0.15, 0.2) is 54.6 Å². The molecule has 0 fully saturated rings.